The number of hydrogen-bond donors (Lipinski definition) is 2. The number of carbonyl (C=O) groups is 1. The molecule has 0 fully saturated rings. The maximum atomic E-state index is 12.5. The molecule has 3 aromatic rings. The lowest BCUT2D eigenvalue weighted by Crippen LogP contribution is -2.27. The van der Waals surface area contributed by atoms with E-state index in [-0.39, 0.29) is 23.3 Å². The number of sulfonamides is 1. The van der Waals surface area contributed by atoms with Gasteiger partial charge in [-0.15, -0.1) is 0 Å². The lowest BCUT2D eigenvalue weighted by Gasteiger charge is -2.16. The van der Waals surface area contributed by atoms with Gasteiger partial charge in [-0.05, 0) is 50.5 Å². The number of nitriles is 1. The molecule has 0 aliphatic carbocycles. The summed E-state index contributed by atoms with van der Waals surface area (Å²) in [6, 6.07) is 7.87. The Morgan fingerprint density at radius 3 is 2.77 bits per heavy atom. The molecular formula is C20H22N6O3S. The predicted octanol–water partition coefficient (Wildman–Crippen LogP) is 1.68. The van der Waals surface area contributed by atoms with Gasteiger partial charge in [0, 0.05) is 17.8 Å². The van der Waals surface area contributed by atoms with Gasteiger partial charge in [0.2, 0.25) is 15.9 Å². The molecule has 1 amide bonds. The Hall–Kier alpha value is -3.29. The second-order valence-electron chi connectivity index (χ2n) is 7.07. The number of primary sulfonamides is 1. The highest BCUT2D eigenvalue weighted by Gasteiger charge is 2.17. The largest absolute Gasteiger partial charge is 0.350 e. The van der Waals surface area contributed by atoms with Crippen molar-refractivity contribution in [3.63, 3.8) is 0 Å². The average molecular weight is 427 g/mol. The predicted molar refractivity (Wildman–Crippen MR) is 110 cm³/mol. The van der Waals surface area contributed by atoms with Crippen LogP contribution in [0.2, 0.25) is 0 Å². The number of nitrogens with one attached hydrogen (secondary N) is 1. The van der Waals surface area contributed by atoms with Crippen molar-refractivity contribution < 1.29 is 13.2 Å². The molecule has 1 aromatic carbocycles. The van der Waals surface area contributed by atoms with E-state index in [0.717, 1.165) is 17.0 Å². The molecule has 1 atom stereocenters. The maximum Gasteiger partial charge on any atom is 0.238 e. The zero-order valence-electron chi connectivity index (χ0n) is 16.9. The maximum absolute atomic E-state index is 12.5. The number of rotatable bonds is 6. The quantitative estimate of drug-likeness (QED) is 0.614. The highest BCUT2D eigenvalue weighted by atomic mass is 32.2. The summed E-state index contributed by atoms with van der Waals surface area (Å²) in [5, 5.41) is 21.4. The fourth-order valence-corrected chi connectivity index (χ4v) is 3.92. The first-order valence-electron chi connectivity index (χ1n) is 9.28. The van der Waals surface area contributed by atoms with Crippen molar-refractivity contribution in [2.24, 2.45) is 5.14 Å². The Kier molecular flexibility index (Phi) is 5.87. The van der Waals surface area contributed by atoms with Gasteiger partial charge in [-0.3, -0.25) is 4.79 Å². The first-order valence-corrected chi connectivity index (χ1v) is 10.8. The van der Waals surface area contributed by atoms with Crippen LogP contribution in [0.1, 0.15) is 47.5 Å². The molecule has 156 valence electrons. The monoisotopic (exact) mass is 426 g/mol. The second-order valence-corrected chi connectivity index (χ2v) is 8.63. The van der Waals surface area contributed by atoms with E-state index in [1.54, 1.807) is 23.6 Å². The molecule has 0 bridgehead atoms. The summed E-state index contributed by atoms with van der Waals surface area (Å²) in [4.78, 5) is 16.9. The summed E-state index contributed by atoms with van der Waals surface area (Å²) in [7, 11) is -3.81. The van der Waals surface area contributed by atoms with Gasteiger partial charge in [-0.25, -0.2) is 23.1 Å². The minimum absolute atomic E-state index is 0.00249. The molecule has 3 N–H and O–H groups in total. The number of aromatic nitrogens is 3. The summed E-state index contributed by atoms with van der Waals surface area (Å²) in [6.45, 7) is 5.50. The third-order valence-electron chi connectivity index (χ3n) is 5.00. The Morgan fingerprint density at radius 2 is 2.10 bits per heavy atom. The number of benzene rings is 1. The molecule has 10 heteroatoms. The van der Waals surface area contributed by atoms with E-state index in [1.807, 2.05) is 13.8 Å². The molecule has 9 nitrogen and oxygen atoms in total. The first-order chi connectivity index (χ1) is 14.1. The Bertz CT molecular complexity index is 1270. The smallest absolute Gasteiger partial charge is 0.238 e. The highest BCUT2D eigenvalue weighted by molar-refractivity contribution is 7.89. The van der Waals surface area contributed by atoms with Crippen LogP contribution < -0.4 is 10.5 Å². The van der Waals surface area contributed by atoms with Gasteiger partial charge in [0.25, 0.3) is 0 Å². The van der Waals surface area contributed by atoms with E-state index in [9.17, 15) is 13.2 Å². The van der Waals surface area contributed by atoms with Crippen molar-refractivity contribution >= 4 is 21.6 Å². The van der Waals surface area contributed by atoms with Crippen LogP contribution in [-0.4, -0.2) is 28.9 Å². The second kappa shape index (κ2) is 8.22. The number of aryl methyl sites for hydroxylation is 2. The van der Waals surface area contributed by atoms with Crippen LogP contribution in [0, 0.1) is 25.2 Å². The van der Waals surface area contributed by atoms with Gasteiger partial charge < -0.3 is 5.32 Å². The minimum Gasteiger partial charge on any atom is -0.350 e. The molecule has 0 saturated carbocycles. The third kappa shape index (κ3) is 4.32. The normalized spacial score (nSPS) is 12.5. The van der Waals surface area contributed by atoms with Crippen LogP contribution in [0.4, 0.5) is 0 Å². The van der Waals surface area contributed by atoms with Crippen LogP contribution >= 0.6 is 0 Å². The molecule has 0 aliphatic heterocycles. The molecule has 0 spiro atoms. The van der Waals surface area contributed by atoms with Crippen LogP contribution in [-0.2, 0) is 21.2 Å². The summed E-state index contributed by atoms with van der Waals surface area (Å²) in [5.41, 5.74) is 4.03. The highest BCUT2D eigenvalue weighted by Crippen LogP contribution is 2.19. The van der Waals surface area contributed by atoms with Crippen molar-refractivity contribution in [3.8, 4) is 6.07 Å². The molecule has 0 radical (unpaired) electrons. The van der Waals surface area contributed by atoms with E-state index in [2.05, 4.69) is 21.5 Å². The van der Waals surface area contributed by atoms with Crippen molar-refractivity contribution in [3.05, 3.63) is 58.5 Å². The van der Waals surface area contributed by atoms with Crippen LogP contribution in [0.3, 0.4) is 0 Å². The third-order valence-corrected chi connectivity index (χ3v) is 5.91. The van der Waals surface area contributed by atoms with Gasteiger partial charge in [-0.2, -0.15) is 10.4 Å². The van der Waals surface area contributed by atoms with E-state index in [1.165, 1.54) is 18.3 Å². The fraction of sp³-hybridized carbons (Fsp3) is 0.300. The van der Waals surface area contributed by atoms with E-state index < -0.39 is 10.0 Å². The Labute approximate surface area is 174 Å². The molecule has 0 saturated heterocycles. The van der Waals surface area contributed by atoms with Crippen molar-refractivity contribution in [2.75, 3.05) is 0 Å². The van der Waals surface area contributed by atoms with Crippen LogP contribution in [0.15, 0.2) is 35.4 Å². The van der Waals surface area contributed by atoms with Gasteiger partial charge in [0.15, 0.2) is 5.65 Å². The van der Waals surface area contributed by atoms with E-state index >= 15 is 0 Å². The summed E-state index contributed by atoms with van der Waals surface area (Å²) in [5.74, 6) is -0.180. The molecule has 1 unspecified atom stereocenters. The number of amides is 1. The fourth-order valence-electron chi connectivity index (χ4n) is 3.35. The zero-order chi connectivity index (χ0) is 22.1. The van der Waals surface area contributed by atoms with Gasteiger partial charge in [0.1, 0.15) is 11.6 Å². The summed E-state index contributed by atoms with van der Waals surface area (Å²) >= 11 is 0. The lowest BCUT2D eigenvalue weighted by atomic mass is 10.0. The minimum atomic E-state index is -3.81. The standard InChI is InChI=1S/C20H22N6O3S/c1-12(15-5-4-6-17(9-15)30(22,28)29)24-19(27)8-7-18-13(2)25-20-16(10-21)11-23-26(20)14(18)3/h4-6,9,11-12H,7-8H2,1-3H3,(H,24,27)(H2,22,28,29). The number of hydrogen-bond acceptors (Lipinski definition) is 6. The zero-order valence-corrected chi connectivity index (χ0v) is 17.7. The number of fused-ring (bicyclic) bond motifs is 1. The number of nitrogens with zero attached hydrogens (tertiary/aromatic N) is 4. The summed E-state index contributed by atoms with van der Waals surface area (Å²) < 4.78 is 24.7. The molecule has 0 aliphatic rings. The Balaban J connectivity index is 1.71. The molecule has 30 heavy (non-hydrogen) atoms. The topological polar surface area (TPSA) is 143 Å². The Morgan fingerprint density at radius 1 is 1.37 bits per heavy atom. The van der Waals surface area contributed by atoms with Gasteiger partial charge >= 0.3 is 0 Å². The van der Waals surface area contributed by atoms with Gasteiger partial charge in [-0.1, -0.05) is 12.1 Å². The van der Waals surface area contributed by atoms with E-state index in [0.29, 0.717) is 23.2 Å². The van der Waals surface area contributed by atoms with E-state index in [4.69, 9.17) is 10.4 Å². The number of nitrogens with two attached hydrogens (primary N) is 1. The first kappa shape index (κ1) is 21.4. The molecule has 2 aromatic heterocycles. The van der Waals surface area contributed by atoms with Crippen molar-refractivity contribution in [1.82, 2.24) is 19.9 Å². The summed E-state index contributed by atoms with van der Waals surface area (Å²) in [6.07, 6.45) is 2.15. The SMILES string of the molecule is Cc1nc2c(C#N)cnn2c(C)c1CCC(=O)NC(C)c1cccc(S(N)(=O)=O)c1. The number of carbonyl (C=O) groups excluding carboxylic acids is 1. The molecule has 2 heterocycles. The lowest BCUT2D eigenvalue weighted by molar-refractivity contribution is -0.121. The van der Waals surface area contributed by atoms with Crippen molar-refractivity contribution in [2.45, 2.75) is 44.6 Å². The molecule has 3 rings (SSSR count). The average Bonchev–Trinajstić information content (AvgIpc) is 3.10. The van der Waals surface area contributed by atoms with Crippen LogP contribution in [0.5, 0.6) is 0 Å². The van der Waals surface area contributed by atoms with Crippen molar-refractivity contribution in [1.29, 1.82) is 5.26 Å². The van der Waals surface area contributed by atoms with Crippen LogP contribution in [0.25, 0.3) is 5.65 Å². The molecular weight excluding hydrogens is 404 g/mol. The van der Waals surface area contributed by atoms with Gasteiger partial charge in [0.05, 0.1) is 17.1 Å².